The monoisotopic (exact) mass is 351 g/mol. The summed E-state index contributed by atoms with van der Waals surface area (Å²) in [6.07, 6.45) is 1.08. The van der Waals surface area contributed by atoms with Gasteiger partial charge in [-0.25, -0.2) is 4.39 Å². The molecule has 0 fully saturated rings. The normalized spacial score (nSPS) is 16.1. The quantitative estimate of drug-likeness (QED) is 0.788. The number of hydrogen-bond acceptors (Lipinski definition) is 4. The van der Waals surface area contributed by atoms with E-state index in [2.05, 4.69) is 10.3 Å². The maximum Gasteiger partial charge on any atom is 0.262 e. The van der Waals surface area contributed by atoms with Crippen LogP contribution < -0.4 is 15.0 Å². The van der Waals surface area contributed by atoms with Crippen molar-refractivity contribution in [1.29, 1.82) is 0 Å². The molecule has 1 atom stereocenters. The second-order valence-corrected chi connectivity index (χ2v) is 6.21. The molecule has 3 aromatic rings. The van der Waals surface area contributed by atoms with Crippen molar-refractivity contribution in [3.8, 4) is 5.75 Å². The lowest BCUT2D eigenvalue weighted by Crippen LogP contribution is -2.48. The standard InChI is InChI=1S/C20H18FN3O2/c1-22-20(25)18-12-24(16-6-2-3-7-17(16)26-18)11-14-10-15(21)9-13-5-4-8-23-19(13)14/h2-10,18H,11-12H2,1H3,(H,22,25)/t18-/m1/s1. The van der Waals surface area contributed by atoms with Crippen molar-refractivity contribution in [2.45, 2.75) is 12.6 Å². The zero-order valence-electron chi connectivity index (χ0n) is 14.3. The van der Waals surface area contributed by atoms with Crippen LogP contribution in [0.5, 0.6) is 5.75 Å². The van der Waals surface area contributed by atoms with Gasteiger partial charge in [-0.1, -0.05) is 18.2 Å². The molecule has 0 saturated heterocycles. The summed E-state index contributed by atoms with van der Waals surface area (Å²) in [7, 11) is 1.58. The van der Waals surface area contributed by atoms with Crippen LogP contribution in [-0.4, -0.2) is 30.6 Å². The number of halogens is 1. The highest BCUT2D eigenvalue weighted by molar-refractivity contribution is 5.84. The molecule has 132 valence electrons. The van der Waals surface area contributed by atoms with Crippen LogP contribution in [0.4, 0.5) is 10.1 Å². The smallest absolute Gasteiger partial charge is 0.262 e. The van der Waals surface area contributed by atoms with Crippen LogP contribution in [0.1, 0.15) is 5.56 Å². The molecule has 0 radical (unpaired) electrons. The third-order valence-electron chi connectivity index (χ3n) is 4.51. The highest BCUT2D eigenvalue weighted by atomic mass is 19.1. The number of ether oxygens (including phenoxy) is 1. The molecule has 26 heavy (non-hydrogen) atoms. The maximum atomic E-state index is 14.1. The second kappa shape index (κ2) is 6.63. The molecule has 0 saturated carbocycles. The summed E-state index contributed by atoms with van der Waals surface area (Å²) in [5, 5.41) is 3.38. The van der Waals surface area contributed by atoms with Crippen molar-refractivity contribution in [2.24, 2.45) is 0 Å². The van der Waals surface area contributed by atoms with Crippen LogP contribution in [-0.2, 0) is 11.3 Å². The summed E-state index contributed by atoms with van der Waals surface area (Å²) in [4.78, 5) is 18.5. The summed E-state index contributed by atoms with van der Waals surface area (Å²) in [5.74, 6) is 0.151. The first-order valence-electron chi connectivity index (χ1n) is 8.41. The van der Waals surface area contributed by atoms with Crippen molar-refractivity contribution in [3.63, 3.8) is 0 Å². The fraction of sp³-hybridized carbons (Fsp3) is 0.200. The molecule has 0 unspecified atom stereocenters. The average molecular weight is 351 g/mol. The number of likely N-dealkylation sites (N-methyl/N-ethyl adjacent to an activating group) is 1. The van der Waals surface area contributed by atoms with Crippen LogP contribution in [0.25, 0.3) is 10.9 Å². The van der Waals surface area contributed by atoms with E-state index < -0.39 is 6.10 Å². The van der Waals surface area contributed by atoms with Gasteiger partial charge in [-0.05, 0) is 30.3 Å². The van der Waals surface area contributed by atoms with Gasteiger partial charge in [0.2, 0.25) is 0 Å². The van der Waals surface area contributed by atoms with E-state index in [0.29, 0.717) is 18.8 Å². The molecule has 2 aromatic carbocycles. The molecule has 2 heterocycles. The number of benzene rings is 2. The largest absolute Gasteiger partial charge is 0.477 e. The minimum absolute atomic E-state index is 0.188. The Morgan fingerprint density at radius 3 is 3.00 bits per heavy atom. The summed E-state index contributed by atoms with van der Waals surface area (Å²) in [6, 6.07) is 14.2. The van der Waals surface area contributed by atoms with E-state index in [1.807, 2.05) is 35.2 Å². The molecular formula is C20H18FN3O2. The first kappa shape index (κ1) is 16.3. The molecule has 1 aromatic heterocycles. The molecule has 1 amide bonds. The Morgan fingerprint density at radius 1 is 1.31 bits per heavy atom. The number of hydrogen-bond donors (Lipinski definition) is 1. The van der Waals surface area contributed by atoms with Gasteiger partial charge in [0.05, 0.1) is 17.7 Å². The molecule has 0 bridgehead atoms. The Kier molecular flexibility index (Phi) is 4.16. The fourth-order valence-electron chi connectivity index (χ4n) is 3.31. The lowest BCUT2D eigenvalue weighted by molar-refractivity contribution is -0.127. The van der Waals surface area contributed by atoms with Gasteiger partial charge in [-0.15, -0.1) is 0 Å². The van der Waals surface area contributed by atoms with Crippen molar-refractivity contribution in [3.05, 3.63) is 66.1 Å². The number of para-hydroxylation sites is 2. The lowest BCUT2D eigenvalue weighted by atomic mass is 10.1. The SMILES string of the molecule is CNC(=O)[C@H]1CN(Cc2cc(F)cc3cccnc23)c2ccccc2O1. The number of nitrogens with zero attached hydrogens (tertiary/aromatic N) is 2. The third kappa shape index (κ3) is 2.94. The minimum atomic E-state index is -0.623. The molecule has 0 aliphatic carbocycles. The number of fused-ring (bicyclic) bond motifs is 2. The van der Waals surface area contributed by atoms with E-state index >= 15 is 0 Å². The summed E-state index contributed by atoms with van der Waals surface area (Å²) >= 11 is 0. The number of carbonyl (C=O) groups excluding carboxylic acids is 1. The Bertz CT molecular complexity index is 976. The minimum Gasteiger partial charge on any atom is -0.477 e. The molecule has 5 nitrogen and oxygen atoms in total. The predicted octanol–water partition coefficient (Wildman–Crippen LogP) is 2.89. The molecule has 6 heteroatoms. The van der Waals surface area contributed by atoms with Gasteiger partial charge in [0.15, 0.2) is 6.10 Å². The van der Waals surface area contributed by atoms with Gasteiger partial charge in [0, 0.05) is 30.7 Å². The average Bonchev–Trinajstić information content (AvgIpc) is 2.67. The van der Waals surface area contributed by atoms with Crippen molar-refractivity contribution < 1.29 is 13.9 Å². The Morgan fingerprint density at radius 2 is 2.15 bits per heavy atom. The topological polar surface area (TPSA) is 54.5 Å². The Hall–Kier alpha value is -3.15. The van der Waals surface area contributed by atoms with Crippen LogP contribution in [0.15, 0.2) is 54.7 Å². The number of pyridine rings is 1. The number of rotatable bonds is 3. The van der Waals surface area contributed by atoms with E-state index in [0.717, 1.165) is 22.2 Å². The molecule has 0 spiro atoms. The van der Waals surface area contributed by atoms with Gasteiger partial charge >= 0.3 is 0 Å². The number of aromatic nitrogens is 1. The number of carbonyl (C=O) groups is 1. The van der Waals surface area contributed by atoms with E-state index in [1.54, 1.807) is 19.3 Å². The Labute approximate surface area is 150 Å². The first-order chi connectivity index (χ1) is 12.7. The fourth-order valence-corrected chi connectivity index (χ4v) is 3.31. The van der Waals surface area contributed by atoms with Gasteiger partial charge in [-0.2, -0.15) is 0 Å². The zero-order chi connectivity index (χ0) is 18.1. The van der Waals surface area contributed by atoms with Crippen LogP contribution in [0.2, 0.25) is 0 Å². The van der Waals surface area contributed by atoms with E-state index in [-0.39, 0.29) is 11.7 Å². The van der Waals surface area contributed by atoms with Crippen molar-refractivity contribution >= 4 is 22.5 Å². The van der Waals surface area contributed by atoms with Gasteiger partial charge in [-0.3, -0.25) is 9.78 Å². The number of anilines is 1. The highest BCUT2D eigenvalue weighted by Crippen LogP contribution is 2.34. The van der Waals surface area contributed by atoms with E-state index in [4.69, 9.17) is 4.74 Å². The third-order valence-corrected chi connectivity index (χ3v) is 4.51. The first-order valence-corrected chi connectivity index (χ1v) is 8.41. The van der Waals surface area contributed by atoms with Crippen LogP contribution >= 0.6 is 0 Å². The van der Waals surface area contributed by atoms with Gasteiger partial charge < -0.3 is 15.0 Å². The molecule has 1 aliphatic rings. The van der Waals surface area contributed by atoms with Crippen molar-refractivity contribution in [1.82, 2.24) is 10.3 Å². The predicted molar refractivity (Wildman–Crippen MR) is 97.7 cm³/mol. The summed E-state index contributed by atoms with van der Waals surface area (Å²) in [6.45, 7) is 0.806. The van der Waals surface area contributed by atoms with E-state index in [9.17, 15) is 9.18 Å². The summed E-state index contributed by atoms with van der Waals surface area (Å²) < 4.78 is 19.9. The Balaban J connectivity index is 1.74. The second-order valence-electron chi connectivity index (χ2n) is 6.21. The van der Waals surface area contributed by atoms with Gasteiger partial charge in [0.1, 0.15) is 11.6 Å². The molecule has 4 rings (SSSR count). The van der Waals surface area contributed by atoms with Gasteiger partial charge in [0.25, 0.3) is 5.91 Å². The highest BCUT2D eigenvalue weighted by Gasteiger charge is 2.30. The molecule has 1 aliphatic heterocycles. The zero-order valence-corrected chi connectivity index (χ0v) is 14.3. The lowest BCUT2D eigenvalue weighted by Gasteiger charge is -2.35. The van der Waals surface area contributed by atoms with Crippen LogP contribution in [0.3, 0.4) is 0 Å². The van der Waals surface area contributed by atoms with E-state index in [1.165, 1.54) is 12.1 Å². The molecular weight excluding hydrogens is 333 g/mol. The maximum absolute atomic E-state index is 14.1. The van der Waals surface area contributed by atoms with Crippen LogP contribution in [0, 0.1) is 5.82 Å². The summed E-state index contributed by atoms with van der Waals surface area (Å²) in [5.41, 5.74) is 2.41. The number of amides is 1. The molecule has 1 N–H and O–H groups in total. The number of nitrogens with one attached hydrogen (secondary N) is 1. The van der Waals surface area contributed by atoms with Crippen molar-refractivity contribution in [2.75, 3.05) is 18.5 Å².